The van der Waals surface area contributed by atoms with E-state index in [2.05, 4.69) is 23.2 Å². The maximum atomic E-state index is 12.1. The van der Waals surface area contributed by atoms with Crippen LogP contribution in [0.2, 0.25) is 0 Å². The molecular formula is C24H20N2O3. The summed E-state index contributed by atoms with van der Waals surface area (Å²) in [6.07, 6.45) is 2.89. The van der Waals surface area contributed by atoms with E-state index < -0.39 is 11.2 Å². The van der Waals surface area contributed by atoms with Gasteiger partial charge < -0.3 is 14.6 Å². The molecule has 2 aliphatic rings. The van der Waals surface area contributed by atoms with Crippen LogP contribution in [-0.2, 0) is 11.2 Å². The molecule has 2 aromatic carbocycles. The number of pyridine rings is 1. The van der Waals surface area contributed by atoms with Crippen LogP contribution in [-0.4, -0.2) is 17.2 Å². The highest BCUT2D eigenvalue weighted by Gasteiger charge is 2.69. The molecule has 1 aliphatic heterocycles. The third-order valence-corrected chi connectivity index (χ3v) is 6.30. The molecule has 3 aromatic rings. The Bertz CT molecular complexity index is 1110. The molecule has 0 spiro atoms. The molecule has 0 amide bonds. The van der Waals surface area contributed by atoms with E-state index in [4.69, 9.17) is 9.47 Å². The van der Waals surface area contributed by atoms with Crippen molar-refractivity contribution < 1.29 is 14.6 Å². The van der Waals surface area contributed by atoms with E-state index in [1.165, 1.54) is 0 Å². The van der Waals surface area contributed by atoms with Crippen LogP contribution >= 0.6 is 0 Å². The van der Waals surface area contributed by atoms with Crippen LogP contribution in [0.5, 0.6) is 11.6 Å². The Hall–Kier alpha value is -3.36. The summed E-state index contributed by atoms with van der Waals surface area (Å²) in [6.45, 7) is 0. The van der Waals surface area contributed by atoms with Crippen molar-refractivity contribution in [1.82, 2.24) is 4.98 Å². The van der Waals surface area contributed by atoms with Crippen LogP contribution in [0.15, 0.2) is 66.9 Å². The van der Waals surface area contributed by atoms with Crippen LogP contribution < -0.4 is 9.47 Å². The molecule has 1 aliphatic carbocycles. The number of benzene rings is 2. The normalized spacial score (nSPS) is 26.9. The maximum absolute atomic E-state index is 12.1. The molecule has 1 fully saturated rings. The molecule has 5 rings (SSSR count). The fourth-order valence-electron chi connectivity index (χ4n) is 5.09. The van der Waals surface area contributed by atoms with E-state index in [1.54, 1.807) is 31.5 Å². The monoisotopic (exact) mass is 384 g/mol. The minimum Gasteiger partial charge on any atom is -0.481 e. The predicted molar refractivity (Wildman–Crippen MR) is 107 cm³/mol. The third kappa shape index (κ3) is 2.27. The molecule has 1 N–H and O–H groups in total. The molecule has 1 saturated carbocycles. The topological polar surface area (TPSA) is 75.4 Å². The fraction of sp³-hybridized carbons (Fsp3) is 0.250. The number of hydrogen-bond donors (Lipinski definition) is 1. The first-order valence-corrected chi connectivity index (χ1v) is 9.64. The maximum Gasteiger partial charge on any atom is 0.223 e. The Balaban J connectivity index is 1.77. The largest absolute Gasteiger partial charge is 0.481 e. The molecule has 0 bridgehead atoms. The number of rotatable bonds is 3. The zero-order chi connectivity index (χ0) is 20.1. The predicted octanol–water partition coefficient (Wildman–Crippen LogP) is 4.01. The quantitative estimate of drug-likeness (QED) is 0.738. The van der Waals surface area contributed by atoms with E-state index in [9.17, 15) is 10.4 Å². The number of hydrogen-bond acceptors (Lipinski definition) is 5. The van der Waals surface area contributed by atoms with Crippen molar-refractivity contribution in [1.29, 1.82) is 5.26 Å². The van der Waals surface area contributed by atoms with Crippen molar-refractivity contribution in [3.05, 3.63) is 89.1 Å². The summed E-state index contributed by atoms with van der Waals surface area (Å²) in [5, 5.41) is 21.4. The highest BCUT2D eigenvalue weighted by atomic mass is 16.5. The standard InChI is InChI=1S/C24H20N2O3/c1-28-22-21-20(12-14-26-22)29-24(18-9-7-16(15-25)8-10-18)19(11-13-23(21,24)27)17-5-3-2-4-6-17/h2-10,12,14,19,27H,11,13H2,1H3/t19?,23-,24?/m1/s1. The summed E-state index contributed by atoms with van der Waals surface area (Å²) in [5.41, 5.74) is 0.788. The van der Waals surface area contributed by atoms with E-state index in [1.807, 2.05) is 30.3 Å². The van der Waals surface area contributed by atoms with Crippen LogP contribution in [0, 0.1) is 11.3 Å². The molecule has 1 aromatic heterocycles. The highest BCUT2D eigenvalue weighted by Crippen LogP contribution is 2.67. The molecular weight excluding hydrogens is 364 g/mol. The minimum absolute atomic E-state index is 0.0706. The third-order valence-electron chi connectivity index (χ3n) is 6.30. The second kappa shape index (κ2) is 6.33. The minimum atomic E-state index is -1.30. The summed E-state index contributed by atoms with van der Waals surface area (Å²) < 4.78 is 12.1. The summed E-state index contributed by atoms with van der Waals surface area (Å²) in [7, 11) is 1.55. The van der Waals surface area contributed by atoms with Gasteiger partial charge in [0.1, 0.15) is 11.4 Å². The average molecular weight is 384 g/mol. The molecule has 0 saturated heterocycles. The molecule has 2 unspecified atom stereocenters. The van der Waals surface area contributed by atoms with Crippen LogP contribution in [0.1, 0.15) is 41.0 Å². The molecule has 5 heteroatoms. The lowest BCUT2D eigenvalue weighted by Gasteiger charge is -2.40. The lowest BCUT2D eigenvalue weighted by molar-refractivity contribution is -0.106. The Kier molecular flexibility index (Phi) is 3.87. The van der Waals surface area contributed by atoms with Crippen molar-refractivity contribution in [2.45, 2.75) is 30.0 Å². The van der Waals surface area contributed by atoms with E-state index in [0.29, 0.717) is 29.2 Å². The van der Waals surface area contributed by atoms with Crippen molar-refractivity contribution in [2.75, 3.05) is 7.11 Å². The second-order valence-electron chi connectivity index (χ2n) is 7.58. The number of aromatic nitrogens is 1. The summed E-state index contributed by atoms with van der Waals surface area (Å²) >= 11 is 0. The number of fused-ring (bicyclic) bond motifs is 3. The zero-order valence-electron chi connectivity index (χ0n) is 16.0. The first-order valence-electron chi connectivity index (χ1n) is 9.64. The average Bonchev–Trinajstić information content (AvgIpc) is 3.21. The smallest absolute Gasteiger partial charge is 0.223 e. The Morgan fingerprint density at radius 3 is 2.59 bits per heavy atom. The number of aliphatic hydroxyl groups is 1. The van der Waals surface area contributed by atoms with Gasteiger partial charge in [-0.05, 0) is 42.2 Å². The molecule has 5 nitrogen and oxygen atoms in total. The molecule has 144 valence electrons. The molecule has 3 atom stereocenters. The molecule has 2 heterocycles. The van der Waals surface area contributed by atoms with Gasteiger partial charge in [0.05, 0.1) is 24.3 Å². The Morgan fingerprint density at radius 2 is 1.90 bits per heavy atom. The first-order chi connectivity index (χ1) is 14.1. The van der Waals surface area contributed by atoms with E-state index in [-0.39, 0.29) is 5.92 Å². The van der Waals surface area contributed by atoms with Gasteiger partial charge in [-0.2, -0.15) is 5.26 Å². The molecule has 0 radical (unpaired) electrons. The van der Waals surface area contributed by atoms with E-state index >= 15 is 0 Å². The second-order valence-corrected chi connectivity index (χ2v) is 7.58. The number of nitrogens with zero attached hydrogens (tertiary/aromatic N) is 2. The van der Waals surface area contributed by atoms with Gasteiger partial charge in [0.2, 0.25) is 5.88 Å². The van der Waals surface area contributed by atoms with Crippen molar-refractivity contribution >= 4 is 0 Å². The van der Waals surface area contributed by atoms with Gasteiger partial charge in [0.25, 0.3) is 0 Å². The van der Waals surface area contributed by atoms with Gasteiger partial charge in [-0.25, -0.2) is 4.98 Å². The zero-order valence-corrected chi connectivity index (χ0v) is 16.0. The Labute approximate surface area is 169 Å². The molecule has 29 heavy (non-hydrogen) atoms. The summed E-state index contributed by atoms with van der Waals surface area (Å²) in [5.74, 6) is 0.900. The lowest BCUT2D eigenvalue weighted by Crippen LogP contribution is -2.48. The van der Waals surface area contributed by atoms with Gasteiger partial charge >= 0.3 is 0 Å². The number of nitriles is 1. The Morgan fingerprint density at radius 1 is 1.14 bits per heavy atom. The van der Waals surface area contributed by atoms with E-state index in [0.717, 1.165) is 17.5 Å². The van der Waals surface area contributed by atoms with Crippen LogP contribution in [0.3, 0.4) is 0 Å². The van der Waals surface area contributed by atoms with Crippen LogP contribution in [0.25, 0.3) is 0 Å². The van der Waals surface area contributed by atoms with Gasteiger partial charge in [0, 0.05) is 12.1 Å². The summed E-state index contributed by atoms with van der Waals surface area (Å²) in [6, 6.07) is 21.4. The number of ether oxygens (including phenoxy) is 2. The fourth-order valence-corrected chi connectivity index (χ4v) is 5.09. The SMILES string of the molecule is COc1nccc2c1[C@]1(O)CCC(c3ccccc3)C1(c1ccc(C#N)cc1)O2. The van der Waals surface area contributed by atoms with Gasteiger partial charge in [0.15, 0.2) is 5.60 Å². The van der Waals surface area contributed by atoms with Gasteiger partial charge in [-0.1, -0.05) is 42.5 Å². The highest BCUT2D eigenvalue weighted by molar-refractivity contribution is 5.56. The first kappa shape index (κ1) is 17.7. The van der Waals surface area contributed by atoms with Gasteiger partial charge in [-0.15, -0.1) is 0 Å². The van der Waals surface area contributed by atoms with Crippen molar-refractivity contribution in [2.24, 2.45) is 0 Å². The van der Waals surface area contributed by atoms with Crippen molar-refractivity contribution in [3.8, 4) is 17.7 Å². The lowest BCUT2D eigenvalue weighted by atomic mass is 9.72. The number of methoxy groups -OCH3 is 1. The van der Waals surface area contributed by atoms with Crippen molar-refractivity contribution in [3.63, 3.8) is 0 Å². The van der Waals surface area contributed by atoms with Crippen LogP contribution in [0.4, 0.5) is 0 Å². The summed E-state index contributed by atoms with van der Waals surface area (Å²) in [4.78, 5) is 4.32. The van der Waals surface area contributed by atoms with Gasteiger partial charge in [-0.3, -0.25) is 0 Å².